The van der Waals surface area contributed by atoms with Gasteiger partial charge in [-0.05, 0) is 70.1 Å². The summed E-state index contributed by atoms with van der Waals surface area (Å²) in [5.41, 5.74) is 3.61. The summed E-state index contributed by atoms with van der Waals surface area (Å²) in [6.45, 7) is 2.27. The summed E-state index contributed by atoms with van der Waals surface area (Å²) in [5.74, 6) is 0.560. The van der Waals surface area contributed by atoms with Crippen LogP contribution in [0.2, 0.25) is 0 Å². The molecule has 3 rings (SSSR count). The van der Waals surface area contributed by atoms with Crippen molar-refractivity contribution >= 4 is 45.5 Å². The first-order chi connectivity index (χ1) is 13.5. The number of phenols is 1. The summed E-state index contributed by atoms with van der Waals surface area (Å²) in [6.07, 6.45) is 1.50. The molecule has 3 aromatic rings. The molecule has 0 saturated carbocycles. The van der Waals surface area contributed by atoms with Crippen LogP contribution in [0.1, 0.15) is 22.8 Å². The number of methoxy groups -OCH3 is 1. The summed E-state index contributed by atoms with van der Waals surface area (Å²) in [5, 5.41) is 15.9. The Kier molecular flexibility index (Phi) is 6.35. The molecule has 3 aromatic carbocycles. The fourth-order valence-corrected chi connectivity index (χ4v) is 3.35. The van der Waals surface area contributed by atoms with Gasteiger partial charge in [-0.15, -0.1) is 0 Å². The molecule has 0 saturated heterocycles. The summed E-state index contributed by atoms with van der Waals surface area (Å²) >= 11 is 2.01. The van der Waals surface area contributed by atoms with Crippen LogP contribution in [0.5, 0.6) is 17.2 Å². The Hall–Kier alpha value is -2.81. The smallest absolute Gasteiger partial charge is 0.275 e. The van der Waals surface area contributed by atoms with Crippen LogP contribution < -0.4 is 14.9 Å². The summed E-state index contributed by atoms with van der Waals surface area (Å²) in [7, 11) is 1.53. The van der Waals surface area contributed by atoms with Gasteiger partial charge in [-0.2, -0.15) is 5.10 Å². The van der Waals surface area contributed by atoms with Crippen molar-refractivity contribution in [1.29, 1.82) is 0 Å². The lowest BCUT2D eigenvalue weighted by Gasteiger charge is -2.10. The first kappa shape index (κ1) is 19.9. The minimum Gasteiger partial charge on any atom is -0.504 e. The lowest BCUT2D eigenvalue weighted by atomic mass is 10.1. The number of hydrazone groups is 1. The number of halogens is 1. The number of rotatable bonds is 6. The van der Waals surface area contributed by atoms with Crippen LogP contribution in [0.15, 0.2) is 53.6 Å². The lowest BCUT2D eigenvalue weighted by Crippen LogP contribution is -2.18. The van der Waals surface area contributed by atoms with Gasteiger partial charge in [0.2, 0.25) is 0 Å². The molecule has 1 amide bonds. The third-order valence-electron chi connectivity index (χ3n) is 4.04. The van der Waals surface area contributed by atoms with Crippen molar-refractivity contribution in [3.05, 3.63) is 63.2 Å². The number of carbonyl (C=O) groups excluding carboxylic acids is 1. The zero-order valence-corrected chi connectivity index (χ0v) is 17.6. The molecule has 2 N–H and O–H groups in total. The maximum absolute atomic E-state index is 12.6. The highest BCUT2D eigenvalue weighted by molar-refractivity contribution is 14.1. The first-order valence-electron chi connectivity index (χ1n) is 8.59. The standard InChI is InChI=1S/C21H19IN2O4/c1-3-28-19-9-13(8-17(22)20(19)25)12-23-24-21(26)16-10-14-6-4-5-7-15(14)11-18(16)27-2/h4-12,25H,3H2,1-2H3,(H,24,26). The molecule has 144 valence electrons. The maximum Gasteiger partial charge on any atom is 0.275 e. The number of hydrogen-bond acceptors (Lipinski definition) is 5. The molecule has 0 aliphatic carbocycles. The van der Waals surface area contributed by atoms with E-state index in [1.165, 1.54) is 13.3 Å². The number of carbonyl (C=O) groups is 1. The van der Waals surface area contributed by atoms with Crippen molar-refractivity contribution in [2.45, 2.75) is 6.92 Å². The molecule has 0 radical (unpaired) electrons. The van der Waals surface area contributed by atoms with Gasteiger partial charge in [0.15, 0.2) is 11.5 Å². The number of ether oxygens (including phenoxy) is 2. The second kappa shape index (κ2) is 8.92. The molecule has 28 heavy (non-hydrogen) atoms. The fourth-order valence-electron chi connectivity index (χ4n) is 2.73. The topological polar surface area (TPSA) is 80.2 Å². The average molecular weight is 490 g/mol. The highest BCUT2D eigenvalue weighted by Crippen LogP contribution is 2.32. The van der Waals surface area contributed by atoms with Gasteiger partial charge in [0, 0.05) is 0 Å². The summed E-state index contributed by atoms with van der Waals surface area (Å²) < 4.78 is 11.4. The predicted molar refractivity (Wildman–Crippen MR) is 118 cm³/mol. The van der Waals surface area contributed by atoms with Crippen molar-refractivity contribution in [3.63, 3.8) is 0 Å². The molecule has 0 spiro atoms. The van der Waals surface area contributed by atoms with Gasteiger partial charge >= 0.3 is 0 Å². The average Bonchev–Trinajstić information content (AvgIpc) is 2.70. The number of hydrogen-bond donors (Lipinski definition) is 2. The quantitative estimate of drug-likeness (QED) is 0.307. The van der Waals surface area contributed by atoms with E-state index < -0.39 is 0 Å². The minimum atomic E-state index is -0.377. The SMILES string of the molecule is CCOc1cc(C=NNC(=O)c2cc3ccccc3cc2OC)cc(I)c1O. The number of benzene rings is 3. The highest BCUT2D eigenvalue weighted by Gasteiger charge is 2.13. The number of amides is 1. The van der Waals surface area contributed by atoms with E-state index in [2.05, 4.69) is 10.5 Å². The summed E-state index contributed by atoms with van der Waals surface area (Å²) in [4.78, 5) is 12.6. The zero-order valence-electron chi connectivity index (χ0n) is 15.4. The van der Waals surface area contributed by atoms with Crippen LogP contribution in [0.25, 0.3) is 10.8 Å². The van der Waals surface area contributed by atoms with Gasteiger partial charge in [0.1, 0.15) is 5.75 Å². The van der Waals surface area contributed by atoms with E-state index >= 15 is 0 Å². The van der Waals surface area contributed by atoms with E-state index in [4.69, 9.17) is 9.47 Å². The van der Waals surface area contributed by atoms with E-state index in [1.54, 1.807) is 18.2 Å². The van der Waals surface area contributed by atoms with Gasteiger partial charge in [-0.1, -0.05) is 24.3 Å². The molecule has 0 unspecified atom stereocenters. The van der Waals surface area contributed by atoms with Gasteiger partial charge in [0.25, 0.3) is 5.91 Å². The third-order valence-corrected chi connectivity index (χ3v) is 4.87. The number of nitrogens with zero attached hydrogens (tertiary/aromatic N) is 1. The molecule has 0 atom stereocenters. The minimum absolute atomic E-state index is 0.0875. The van der Waals surface area contributed by atoms with Crippen LogP contribution >= 0.6 is 22.6 Å². The molecular formula is C21H19IN2O4. The predicted octanol–water partition coefficient (Wildman–Crippen LogP) is 4.32. The van der Waals surface area contributed by atoms with Crippen LogP contribution in [-0.2, 0) is 0 Å². The molecule has 0 fully saturated rings. The van der Waals surface area contributed by atoms with E-state index in [0.29, 0.717) is 32.8 Å². The Morgan fingerprint density at radius 2 is 1.89 bits per heavy atom. The molecule has 0 aromatic heterocycles. The number of fused-ring (bicyclic) bond motifs is 1. The largest absolute Gasteiger partial charge is 0.504 e. The lowest BCUT2D eigenvalue weighted by molar-refractivity contribution is 0.0952. The Morgan fingerprint density at radius 3 is 2.57 bits per heavy atom. The molecule has 7 heteroatoms. The third kappa shape index (κ3) is 4.36. The van der Waals surface area contributed by atoms with E-state index in [1.807, 2.05) is 59.8 Å². The fraction of sp³-hybridized carbons (Fsp3) is 0.143. The Morgan fingerprint density at radius 1 is 1.18 bits per heavy atom. The van der Waals surface area contributed by atoms with Crippen molar-refractivity contribution in [2.75, 3.05) is 13.7 Å². The van der Waals surface area contributed by atoms with E-state index in [0.717, 1.165) is 10.8 Å². The molecular weight excluding hydrogens is 471 g/mol. The first-order valence-corrected chi connectivity index (χ1v) is 9.66. The van der Waals surface area contributed by atoms with Gasteiger partial charge in [0.05, 0.1) is 29.1 Å². The number of aromatic hydroxyl groups is 1. The van der Waals surface area contributed by atoms with Crippen molar-refractivity contribution in [3.8, 4) is 17.2 Å². The van der Waals surface area contributed by atoms with Crippen LogP contribution in [0.3, 0.4) is 0 Å². The number of phenolic OH excluding ortho intramolecular Hbond substituents is 1. The second-order valence-electron chi connectivity index (χ2n) is 5.88. The van der Waals surface area contributed by atoms with Crippen molar-refractivity contribution < 1.29 is 19.4 Å². The van der Waals surface area contributed by atoms with E-state index in [-0.39, 0.29) is 11.7 Å². The molecule has 6 nitrogen and oxygen atoms in total. The molecule has 0 aliphatic rings. The molecule has 0 aliphatic heterocycles. The highest BCUT2D eigenvalue weighted by atomic mass is 127. The van der Waals surface area contributed by atoms with Gasteiger partial charge in [-0.25, -0.2) is 5.43 Å². The summed E-state index contributed by atoms with van der Waals surface area (Å²) in [6, 6.07) is 14.7. The molecule has 0 bridgehead atoms. The van der Waals surface area contributed by atoms with Gasteiger partial charge < -0.3 is 14.6 Å². The second-order valence-corrected chi connectivity index (χ2v) is 7.04. The van der Waals surface area contributed by atoms with Crippen molar-refractivity contribution in [1.82, 2.24) is 5.43 Å². The maximum atomic E-state index is 12.6. The van der Waals surface area contributed by atoms with Crippen LogP contribution in [-0.4, -0.2) is 30.9 Å². The van der Waals surface area contributed by atoms with Crippen molar-refractivity contribution in [2.24, 2.45) is 5.10 Å². The van der Waals surface area contributed by atoms with E-state index in [9.17, 15) is 9.90 Å². The Bertz CT molecular complexity index is 1050. The number of nitrogens with one attached hydrogen (secondary N) is 1. The van der Waals surface area contributed by atoms with Gasteiger partial charge in [-0.3, -0.25) is 4.79 Å². The zero-order chi connectivity index (χ0) is 20.1. The monoisotopic (exact) mass is 490 g/mol. The normalized spacial score (nSPS) is 11.0. The van der Waals surface area contributed by atoms with Crippen LogP contribution in [0.4, 0.5) is 0 Å². The molecule has 0 heterocycles. The Balaban J connectivity index is 1.81. The Labute approximate surface area is 176 Å². The van der Waals surface area contributed by atoms with Crippen LogP contribution in [0, 0.1) is 3.57 Å².